The smallest absolute Gasteiger partial charge is 0.265 e. The molecule has 2 amide bonds. The van der Waals surface area contributed by atoms with Crippen LogP contribution in [0.3, 0.4) is 0 Å². The fourth-order valence-corrected chi connectivity index (χ4v) is 4.31. The lowest BCUT2D eigenvalue weighted by atomic mass is 10.1. The average molecular weight is 442 g/mol. The largest absolute Gasteiger partial charge is 0.482 e. The summed E-state index contributed by atoms with van der Waals surface area (Å²) < 4.78 is 5.55. The highest BCUT2D eigenvalue weighted by atomic mass is 35.5. The van der Waals surface area contributed by atoms with Gasteiger partial charge in [-0.15, -0.1) is 11.3 Å². The normalized spacial score (nSPS) is 13.0. The number of ether oxygens (including phenoxy) is 1. The van der Waals surface area contributed by atoms with Crippen LogP contribution in [0.5, 0.6) is 5.75 Å². The summed E-state index contributed by atoms with van der Waals surface area (Å²) in [6.07, 6.45) is 0.834. The van der Waals surface area contributed by atoms with Gasteiger partial charge < -0.3 is 10.1 Å². The molecule has 154 valence electrons. The first kappa shape index (κ1) is 20.4. The molecule has 0 saturated heterocycles. The molecule has 0 radical (unpaired) electrons. The first-order valence-corrected chi connectivity index (χ1v) is 10.9. The Morgan fingerprint density at radius 1 is 1.30 bits per heavy atom. The number of halogens is 1. The molecule has 2 heterocycles. The summed E-state index contributed by atoms with van der Waals surface area (Å²) in [6.45, 7) is 2.43. The van der Waals surface area contributed by atoms with Crippen LogP contribution in [0, 0.1) is 0 Å². The summed E-state index contributed by atoms with van der Waals surface area (Å²) in [7, 11) is 0. The van der Waals surface area contributed by atoms with E-state index < -0.39 is 0 Å². The van der Waals surface area contributed by atoms with Gasteiger partial charge in [0.2, 0.25) is 5.91 Å². The van der Waals surface area contributed by atoms with Crippen LogP contribution in [0.4, 0.5) is 5.69 Å². The predicted molar refractivity (Wildman–Crippen MR) is 119 cm³/mol. The SMILES string of the molecule is CCCNC(=O)CN1C(=O)COc2ccc(-c3csc(-c4ccccc4Cl)n3)cc21. The first-order valence-electron chi connectivity index (χ1n) is 9.61. The summed E-state index contributed by atoms with van der Waals surface area (Å²) >= 11 is 7.80. The average Bonchev–Trinajstić information content (AvgIpc) is 3.24. The number of hydrogen-bond acceptors (Lipinski definition) is 5. The fourth-order valence-electron chi connectivity index (χ4n) is 3.16. The van der Waals surface area contributed by atoms with Crippen molar-refractivity contribution in [3.05, 3.63) is 52.9 Å². The van der Waals surface area contributed by atoms with E-state index in [1.807, 2.05) is 54.8 Å². The Morgan fingerprint density at radius 3 is 2.93 bits per heavy atom. The molecule has 1 aromatic heterocycles. The predicted octanol–water partition coefficient (Wildman–Crippen LogP) is 4.38. The highest BCUT2D eigenvalue weighted by molar-refractivity contribution is 7.13. The Labute approximate surface area is 183 Å². The lowest BCUT2D eigenvalue weighted by molar-refractivity contribution is -0.125. The number of aromatic nitrogens is 1. The van der Waals surface area contributed by atoms with Crippen LogP contribution >= 0.6 is 22.9 Å². The number of anilines is 1. The topological polar surface area (TPSA) is 71.5 Å². The fraction of sp³-hybridized carbons (Fsp3) is 0.227. The third-order valence-corrected chi connectivity index (χ3v) is 5.89. The molecule has 0 saturated carbocycles. The molecule has 3 aromatic rings. The van der Waals surface area contributed by atoms with Gasteiger partial charge in [-0.2, -0.15) is 0 Å². The van der Waals surface area contributed by atoms with Crippen LogP contribution in [0.25, 0.3) is 21.8 Å². The molecule has 6 nitrogen and oxygen atoms in total. The van der Waals surface area contributed by atoms with Crippen LogP contribution in [0.15, 0.2) is 47.8 Å². The van der Waals surface area contributed by atoms with Crippen LogP contribution in [-0.4, -0.2) is 36.5 Å². The van der Waals surface area contributed by atoms with Gasteiger partial charge in [0, 0.05) is 23.1 Å². The molecular weight excluding hydrogens is 422 g/mol. The first-order chi connectivity index (χ1) is 14.6. The Kier molecular flexibility index (Phi) is 6.01. The lowest BCUT2D eigenvalue weighted by Crippen LogP contribution is -2.45. The molecule has 30 heavy (non-hydrogen) atoms. The van der Waals surface area contributed by atoms with Crippen molar-refractivity contribution < 1.29 is 14.3 Å². The molecule has 0 bridgehead atoms. The van der Waals surface area contributed by atoms with Crippen molar-refractivity contribution in [3.8, 4) is 27.6 Å². The maximum absolute atomic E-state index is 12.4. The second-order valence-electron chi connectivity index (χ2n) is 6.82. The molecule has 1 N–H and O–H groups in total. The number of carbonyl (C=O) groups is 2. The Hall–Kier alpha value is -2.90. The molecule has 0 unspecified atom stereocenters. The van der Waals surface area contributed by atoms with Crippen molar-refractivity contribution in [2.45, 2.75) is 13.3 Å². The number of benzene rings is 2. The maximum Gasteiger partial charge on any atom is 0.265 e. The van der Waals surface area contributed by atoms with E-state index >= 15 is 0 Å². The van der Waals surface area contributed by atoms with E-state index in [0.717, 1.165) is 28.2 Å². The van der Waals surface area contributed by atoms with Crippen LogP contribution in [0.1, 0.15) is 13.3 Å². The molecule has 4 rings (SSSR count). The molecule has 2 aromatic carbocycles. The van der Waals surface area contributed by atoms with Gasteiger partial charge in [0.15, 0.2) is 6.61 Å². The summed E-state index contributed by atoms with van der Waals surface area (Å²) in [6, 6.07) is 13.1. The minimum Gasteiger partial charge on any atom is -0.482 e. The summed E-state index contributed by atoms with van der Waals surface area (Å²) in [5.41, 5.74) is 3.05. The third-order valence-electron chi connectivity index (χ3n) is 4.68. The standard InChI is InChI=1S/C22H20ClN3O3S/c1-2-9-24-20(27)11-26-18-10-14(7-8-19(18)29-12-21(26)28)17-13-30-22(25-17)15-5-3-4-6-16(15)23/h3-8,10,13H,2,9,11-12H2,1H3,(H,24,27). The summed E-state index contributed by atoms with van der Waals surface area (Å²) in [4.78, 5) is 30.8. The Morgan fingerprint density at radius 2 is 2.13 bits per heavy atom. The number of nitrogens with zero attached hydrogens (tertiary/aromatic N) is 2. The van der Waals surface area contributed by atoms with Gasteiger partial charge in [0.25, 0.3) is 5.91 Å². The Bertz CT molecular complexity index is 1100. The van der Waals surface area contributed by atoms with Crippen molar-refractivity contribution >= 4 is 40.4 Å². The van der Waals surface area contributed by atoms with Crippen molar-refractivity contribution in [2.24, 2.45) is 0 Å². The van der Waals surface area contributed by atoms with Crippen molar-refractivity contribution in [1.82, 2.24) is 10.3 Å². The van der Waals surface area contributed by atoms with Crippen LogP contribution in [0.2, 0.25) is 5.02 Å². The number of carbonyl (C=O) groups excluding carboxylic acids is 2. The number of rotatable bonds is 6. The molecule has 0 aliphatic carbocycles. The van der Waals surface area contributed by atoms with E-state index in [2.05, 4.69) is 5.32 Å². The van der Waals surface area contributed by atoms with Gasteiger partial charge >= 0.3 is 0 Å². The molecule has 0 fully saturated rings. The summed E-state index contributed by atoms with van der Waals surface area (Å²) in [5.74, 6) is 0.127. The molecule has 0 spiro atoms. The quantitative estimate of drug-likeness (QED) is 0.616. The number of amides is 2. The highest BCUT2D eigenvalue weighted by Crippen LogP contribution is 2.38. The highest BCUT2D eigenvalue weighted by Gasteiger charge is 2.28. The van der Waals surface area contributed by atoms with Gasteiger partial charge in [0.1, 0.15) is 17.3 Å². The number of nitrogens with one attached hydrogen (secondary N) is 1. The van der Waals surface area contributed by atoms with Gasteiger partial charge in [-0.3, -0.25) is 14.5 Å². The van der Waals surface area contributed by atoms with Gasteiger partial charge in [-0.05, 0) is 30.7 Å². The minimum atomic E-state index is -0.249. The third kappa shape index (κ3) is 4.17. The summed E-state index contributed by atoms with van der Waals surface area (Å²) in [5, 5.41) is 6.22. The second kappa shape index (κ2) is 8.85. The van der Waals surface area contributed by atoms with Crippen LogP contribution < -0.4 is 15.0 Å². The zero-order valence-corrected chi connectivity index (χ0v) is 17.9. The second-order valence-corrected chi connectivity index (χ2v) is 8.08. The maximum atomic E-state index is 12.4. The van der Waals surface area contributed by atoms with Gasteiger partial charge in [-0.1, -0.05) is 36.7 Å². The number of thiazole rings is 1. The molecular formula is C22H20ClN3O3S. The number of fused-ring (bicyclic) bond motifs is 1. The monoisotopic (exact) mass is 441 g/mol. The van der Waals surface area contributed by atoms with Crippen molar-refractivity contribution in [3.63, 3.8) is 0 Å². The lowest BCUT2D eigenvalue weighted by Gasteiger charge is -2.29. The van der Waals surface area contributed by atoms with E-state index in [1.54, 1.807) is 0 Å². The van der Waals surface area contributed by atoms with Crippen molar-refractivity contribution in [1.29, 1.82) is 0 Å². The van der Waals surface area contributed by atoms with Gasteiger partial charge in [-0.25, -0.2) is 4.98 Å². The molecule has 1 aliphatic rings. The zero-order valence-electron chi connectivity index (χ0n) is 16.4. The van der Waals surface area contributed by atoms with E-state index in [-0.39, 0.29) is 25.0 Å². The van der Waals surface area contributed by atoms with E-state index in [4.69, 9.17) is 21.3 Å². The van der Waals surface area contributed by atoms with E-state index in [0.29, 0.717) is 23.0 Å². The minimum absolute atomic E-state index is 0.0411. The zero-order chi connectivity index (χ0) is 21.1. The number of hydrogen-bond donors (Lipinski definition) is 1. The molecule has 1 aliphatic heterocycles. The van der Waals surface area contributed by atoms with Crippen molar-refractivity contribution in [2.75, 3.05) is 24.6 Å². The molecule has 8 heteroatoms. The van der Waals surface area contributed by atoms with Gasteiger partial charge in [0.05, 0.1) is 16.4 Å². The Balaban J connectivity index is 1.64. The van der Waals surface area contributed by atoms with Crippen LogP contribution in [-0.2, 0) is 9.59 Å². The van der Waals surface area contributed by atoms with E-state index in [9.17, 15) is 9.59 Å². The molecule has 0 atom stereocenters. The van der Waals surface area contributed by atoms with E-state index in [1.165, 1.54) is 16.2 Å².